The number of carbonyl (C=O) groups is 2. The normalized spacial score (nSPS) is 16.4. The van der Waals surface area contributed by atoms with Gasteiger partial charge < -0.3 is 4.42 Å². The van der Waals surface area contributed by atoms with Crippen molar-refractivity contribution in [2.24, 2.45) is 0 Å². The van der Waals surface area contributed by atoms with Gasteiger partial charge in [0.2, 0.25) is 0 Å². The van der Waals surface area contributed by atoms with E-state index in [0.717, 1.165) is 16.0 Å². The van der Waals surface area contributed by atoms with E-state index < -0.39 is 17.9 Å². The van der Waals surface area contributed by atoms with E-state index in [1.54, 1.807) is 44.2 Å². The van der Waals surface area contributed by atoms with E-state index in [1.807, 2.05) is 48.5 Å². The quantitative estimate of drug-likeness (QED) is 0.369. The summed E-state index contributed by atoms with van der Waals surface area (Å²) in [5, 5.41) is 10.2. The van der Waals surface area contributed by atoms with E-state index in [0.29, 0.717) is 22.1 Å². The van der Waals surface area contributed by atoms with E-state index in [2.05, 4.69) is 0 Å². The third kappa shape index (κ3) is 3.89. The number of carbonyl (C=O) groups excluding carboxylic acids is 2. The van der Waals surface area contributed by atoms with Crippen molar-refractivity contribution in [3.05, 3.63) is 99.8 Å². The highest BCUT2D eigenvalue weighted by Crippen LogP contribution is 2.33. The van der Waals surface area contributed by atoms with Gasteiger partial charge in [-0.1, -0.05) is 54.1 Å². The van der Waals surface area contributed by atoms with Crippen molar-refractivity contribution >= 4 is 29.5 Å². The van der Waals surface area contributed by atoms with Crippen molar-refractivity contribution in [3.63, 3.8) is 0 Å². The zero-order valence-electron chi connectivity index (χ0n) is 17.5. The Hall–Kier alpha value is -3.88. The smallest absolute Gasteiger partial charge is 0.272 e. The van der Waals surface area contributed by atoms with Gasteiger partial charge in [0.1, 0.15) is 23.2 Å². The van der Waals surface area contributed by atoms with Crippen LogP contribution in [0, 0.1) is 11.3 Å². The third-order valence-electron chi connectivity index (χ3n) is 5.46. The van der Waals surface area contributed by atoms with Gasteiger partial charge in [-0.2, -0.15) is 5.26 Å². The largest absolute Gasteiger partial charge is 0.457 e. The summed E-state index contributed by atoms with van der Waals surface area (Å²) in [5.41, 5.74) is 2.12. The van der Waals surface area contributed by atoms with Crippen LogP contribution >= 0.6 is 11.6 Å². The average Bonchev–Trinajstić information content (AvgIpc) is 3.26. The van der Waals surface area contributed by atoms with Crippen molar-refractivity contribution in [3.8, 4) is 17.4 Å². The Balaban J connectivity index is 1.75. The minimum Gasteiger partial charge on any atom is -0.457 e. The maximum Gasteiger partial charge on any atom is 0.272 e. The van der Waals surface area contributed by atoms with Gasteiger partial charge in [-0.15, -0.1) is 0 Å². The Morgan fingerprint density at radius 1 is 1.03 bits per heavy atom. The molecule has 0 N–H and O–H groups in total. The Kier molecular flexibility index (Phi) is 5.81. The number of hydrogen-bond donors (Lipinski definition) is 0. The first-order valence-electron chi connectivity index (χ1n) is 10.0. The van der Waals surface area contributed by atoms with Crippen LogP contribution < -0.4 is 0 Å². The zero-order valence-corrected chi connectivity index (χ0v) is 18.3. The molecule has 0 saturated carbocycles. The van der Waals surface area contributed by atoms with Gasteiger partial charge in [-0.25, -0.2) is 0 Å². The molecule has 1 atom stereocenters. The summed E-state index contributed by atoms with van der Waals surface area (Å²) in [6, 6.07) is 21.4. The number of nitriles is 1. The number of hydrogen-bond acceptors (Lipinski definition) is 4. The number of furan rings is 1. The molecule has 1 aliphatic heterocycles. The summed E-state index contributed by atoms with van der Waals surface area (Å²) in [4.78, 5) is 27.5. The maximum absolute atomic E-state index is 13.4. The van der Waals surface area contributed by atoms with Crippen molar-refractivity contribution in [1.29, 1.82) is 5.26 Å². The lowest BCUT2D eigenvalue weighted by molar-refractivity contribution is -0.143. The summed E-state index contributed by atoms with van der Waals surface area (Å²) in [6.07, 6.45) is 1.57. The van der Waals surface area contributed by atoms with E-state index in [1.165, 1.54) is 0 Å². The van der Waals surface area contributed by atoms with Crippen LogP contribution in [0.2, 0.25) is 5.02 Å². The maximum atomic E-state index is 13.4. The van der Waals surface area contributed by atoms with Crippen molar-refractivity contribution < 1.29 is 14.0 Å². The lowest BCUT2D eigenvalue weighted by Crippen LogP contribution is -2.44. The third-order valence-corrected chi connectivity index (χ3v) is 5.70. The van der Waals surface area contributed by atoms with Gasteiger partial charge in [0.15, 0.2) is 0 Å². The fourth-order valence-electron chi connectivity index (χ4n) is 3.70. The highest BCUT2D eigenvalue weighted by molar-refractivity contribution is 6.30. The monoisotopic (exact) mass is 442 g/mol. The molecule has 0 aliphatic carbocycles. The minimum atomic E-state index is -0.595. The Labute approximate surface area is 190 Å². The molecule has 2 amide bonds. The molecule has 4 rings (SSSR count). The minimum absolute atomic E-state index is 0.0553. The molecule has 1 unspecified atom stereocenters. The molecular weight excluding hydrogens is 424 g/mol. The first-order chi connectivity index (χ1) is 15.4. The number of halogens is 1. The number of rotatable bonds is 4. The average molecular weight is 443 g/mol. The molecule has 158 valence electrons. The fourth-order valence-corrected chi connectivity index (χ4v) is 3.89. The highest BCUT2D eigenvalue weighted by Gasteiger charge is 2.38. The van der Waals surface area contributed by atoms with Crippen molar-refractivity contribution in [1.82, 2.24) is 4.90 Å². The van der Waals surface area contributed by atoms with Gasteiger partial charge in [-0.05, 0) is 55.3 Å². The van der Waals surface area contributed by atoms with Crippen LogP contribution in [-0.4, -0.2) is 16.7 Å². The standard InChI is InChI=1S/C26H19ClN2O3/c1-16-22(14-21-11-12-24(32-21)19-9-6-10-20(27)13-19)25(30)29(26(31)23(16)15-28)17(2)18-7-4-3-5-8-18/h3-14,17H,1-2H3/b22-14+. The van der Waals surface area contributed by atoms with Crippen LogP contribution in [0.25, 0.3) is 17.4 Å². The zero-order chi connectivity index (χ0) is 22.8. The summed E-state index contributed by atoms with van der Waals surface area (Å²) >= 11 is 6.06. The molecule has 2 heterocycles. The molecule has 2 aromatic carbocycles. The molecule has 5 nitrogen and oxygen atoms in total. The van der Waals surface area contributed by atoms with Crippen molar-refractivity contribution in [2.75, 3.05) is 0 Å². The molecule has 32 heavy (non-hydrogen) atoms. The Morgan fingerprint density at radius 3 is 2.47 bits per heavy atom. The van der Waals surface area contributed by atoms with E-state index in [9.17, 15) is 14.9 Å². The molecule has 0 bridgehead atoms. The van der Waals surface area contributed by atoms with Crippen LogP contribution in [0.4, 0.5) is 0 Å². The van der Waals surface area contributed by atoms with Crippen LogP contribution in [0.5, 0.6) is 0 Å². The SMILES string of the molecule is CC1=C(C#N)C(=O)N(C(C)c2ccccc2)C(=O)/C1=C/c1ccc(-c2cccc(Cl)c2)o1. The molecule has 3 aromatic rings. The molecule has 0 fully saturated rings. The first kappa shape index (κ1) is 21.4. The number of benzene rings is 2. The fraction of sp³-hybridized carbons (Fsp3) is 0.115. The van der Waals surface area contributed by atoms with Gasteiger partial charge in [0, 0.05) is 16.2 Å². The number of amides is 2. The second kappa shape index (κ2) is 8.70. The predicted molar refractivity (Wildman–Crippen MR) is 122 cm³/mol. The van der Waals surface area contributed by atoms with Crippen LogP contribution in [-0.2, 0) is 9.59 Å². The molecular formula is C26H19ClN2O3. The van der Waals surface area contributed by atoms with Crippen molar-refractivity contribution in [2.45, 2.75) is 19.9 Å². The Bertz CT molecular complexity index is 1310. The molecule has 0 spiro atoms. The van der Waals surface area contributed by atoms with Crippen LogP contribution in [0.15, 0.2) is 87.9 Å². The van der Waals surface area contributed by atoms with Gasteiger partial charge in [-0.3, -0.25) is 14.5 Å². The summed E-state index contributed by atoms with van der Waals surface area (Å²) in [6.45, 7) is 3.37. The number of nitrogens with zero attached hydrogens (tertiary/aromatic N) is 2. The molecule has 0 saturated heterocycles. The second-order valence-electron chi connectivity index (χ2n) is 7.45. The van der Waals surface area contributed by atoms with Gasteiger partial charge in [0.25, 0.3) is 11.8 Å². The highest BCUT2D eigenvalue weighted by atomic mass is 35.5. The second-order valence-corrected chi connectivity index (χ2v) is 7.89. The van der Waals surface area contributed by atoms with Crippen LogP contribution in [0.1, 0.15) is 31.2 Å². The molecule has 0 radical (unpaired) electrons. The van der Waals surface area contributed by atoms with E-state index in [-0.39, 0.29) is 11.1 Å². The predicted octanol–water partition coefficient (Wildman–Crippen LogP) is 5.95. The lowest BCUT2D eigenvalue weighted by atomic mass is 9.92. The van der Waals surface area contributed by atoms with Gasteiger partial charge in [0.05, 0.1) is 6.04 Å². The molecule has 1 aromatic heterocycles. The Morgan fingerprint density at radius 2 is 1.78 bits per heavy atom. The number of imide groups is 1. The van der Waals surface area contributed by atoms with Crippen LogP contribution in [0.3, 0.4) is 0 Å². The van der Waals surface area contributed by atoms with E-state index >= 15 is 0 Å². The van der Waals surface area contributed by atoms with E-state index in [4.69, 9.17) is 16.0 Å². The first-order valence-corrected chi connectivity index (χ1v) is 10.4. The van der Waals surface area contributed by atoms with Gasteiger partial charge >= 0.3 is 0 Å². The summed E-state index contributed by atoms with van der Waals surface area (Å²) < 4.78 is 5.90. The summed E-state index contributed by atoms with van der Waals surface area (Å²) in [5.74, 6) is -0.0388. The molecule has 1 aliphatic rings. The topological polar surface area (TPSA) is 74.3 Å². The molecule has 6 heteroatoms. The lowest BCUT2D eigenvalue weighted by Gasteiger charge is -2.32. The summed E-state index contributed by atoms with van der Waals surface area (Å²) in [7, 11) is 0.